The molecule has 1 unspecified atom stereocenters. The largest absolute Gasteiger partial charge is 0.402 e. The van der Waals surface area contributed by atoms with Gasteiger partial charge in [0.1, 0.15) is 5.82 Å². The Labute approximate surface area is 186 Å². The Balaban J connectivity index is 1.75. The number of anilines is 1. The zero-order chi connectivity index (χ0) is 21.9. The van der Waals surface area contributed by atoms with Crippen molar-refractivity contribution in [2.75, 3.05) is 4.90 Å². The van der Waals surface area contributed by atoms with E-state index in [9.17, 15) is 0 Å². The number of halogens is 1. The predicted octanol–water partition coefficient (Wildman–Crippen LogP) is 4.91. The molecule has 1 aliphatic heterocycles. The third-order valence-electron chi connectivity index (χ3n) is 5.94. The average Bonchev–Trinajstić information content (AvgIpc) is 3.40. The van der Waals surface area contributed by atoms with Crippen LogP contribution >= 0.6 is 11.6 Å². The Kier molecular flexibility index (Phi) is 4.63. The first kappa shape index (κ1) is 19.8. The molecule has 2 aromatic heterocycles. The van der Waals surface area contributed by atoms with Gasteiger partial charge in [-0.05, 0) is 62.9 Å². The molecular formula is C24H25ClN6. The summed E-state index contributed by atoms with van der Waals surface area (Å²) in [6, 6.07) is 10.3. The molecule has 3 aromatic rings. The Morgan fingerprint density at radius 1 is 1.19 bits per heavy atom. The van der Waals surface area contributed by atoms with E-state index in [0.29, 0.717) is 11.1 Å². The van der Waals surface area contributed by atoms with E-state index in [2.05, 4.69) is 33.9 Å². The minimum absolute atomic E-state index is 0.138. The van der Waals surface area contributed by atoms with Crippen LogP contribution in [-0.4, -0.2) is 26.4 Å². The number of nitrogens with zero attached hydrogens (tertiary/aromatic N) is 5. The molecule has 1 aromatic carbocycles. The van der Waals surface area contributed by atoms with Crippen LogP contribution in [0.1, 0.15) is 42.8 Å². The van der Waals surface area contributed by atoms with Gasteiger partial charge >= 0.3 is 0 Å². The monoisotopic (exact) mass is 432 g/mol. The fourth-order valence-corrected chi connectivity index (χ4v) is 4.39. The van der Waals surface area contributed by atoms with E-state index in [4.69, 9.17) is 22.3 Å². The van der Waals surface area contributed by atoms with Gasteiger partial charge in [-0.15, -0.1) is 10.2 Å². The van der Waals surface area contributed by atoms with E-state index in [-0.39, 0.29) is 6.04 Å². The molecule has 2 fully saturated rings. The van der Waals surface area contributed by atoms with Crippen molar-refractivity contribution in [1.29, 1.82) is 0 Å². The number of benzene rings is 1. The summed E-state index contributed by atoms with van der Waals surface area (Å²) in [4.78, 5) is 7.24. The lowest BCUT2D eigenvalue weighted by molar-refractivity contribution is 0.828. The Bertz CT molecular complexity index is 1260. The number of aliphatic imine (C=N–C) groups is 1. The molecule has 0 radical (unpaired) electrons. The minimum atomic E-state index is -0.138. The fraction of sp³-hybridized carbons (Fsp3) is 0.292. The molecule has 158 valence electrons. The number of rotatable bonds is 3. The molecule has 2 N–H and O–H groups in total. The Morgan fingerprint density at radius 2 is 1.90 bits per heavy atom. The predicted molar refractivity (Wildman–Crippen MR) is 126 cm³/mol. The van der Waals surface area contributed by atoms with Crippen LogP contribution in [0.4, 0.5) is 5.69 Å². The zero-order valence-corrected chi connectivity index (χ0v) is 18.7. The number of nitrogens with two attached hydrogens (primary N) is 1. The van der Waals surface area contributed by atoms with Crippen molar-refractivity contribution < 1.29 is 0 Å². The van der Waals surface area contributed by atoms with Crippen LogP contribution in [0, 0.1) is 13.8 Å². The summed E-state index contributed by atoms with van der Waals surface area (Å²) in [5, 5.41) is 9.24. The van der Waals surface area contributed by atoms with Gasteiger partial charge in [-0.2, -0.15) is 0 Å². The second-order valence-corrected chi connectivity index (χ2v) is 8.83. The topological polar surface area (TPSA) is 71.8 Å². The smallest absolute Gasteiger partial charge is 0.163 e. The number of aromatic nitrogens is 3. The maximum absolute atomic E-state index is 6.45. The van der Waals surface area contributed by atoms with Crippen LogP contribution in [0.5, 0.6) is 0 Å². The third-order valence-corrected chi connectivity index (χ3v) is 6.19. The van der Waals surface area contributed by atoms with Crippen LogP contribution in [0.2, 0.25) is 5.02 Å². The van der Waals surface area contributed by atoms with Crippen molar-refractivity contribution in [3.8, 4) is 0 Å². The molecule has 0 bridgehead atoms. The lowest BCUT2D eigenvalue weighted by Gasteiger charge is -2.28. The number of pyridine rings is 1. The molecule has 0 amide bonds. The summed E-state index contributed by atoms with van der Waals surface area (Å²) in [5.41, 5.74) is 14.0. The number of hydrogen-bond donors (Lipinski definition) is 1. The molecule has 2 aliphatic rings. The first-order valence-corrected chi connectivity index (χ1v) is 10.8. The first-order valence-electron chi connectivity index (χ1n) is 10.5. The van der Waals surface area contributed by atoms with Gasteiger partial charge in [0.05, 0.1) is 29.2 Å². The van der Waals surface area contributed by atoms with E-state index < -0.39 is 0 Å². The summed E-state index contributed by atoms with van der Waals surface area (Å²) >= 11 is 6.19. The quantitative estimate of drug-likeness (QED) is 0.638. The highest BCUT2D eigenvalue weighted by Gasteiger charge is 2.41. The molecule has 1 aliphatic carbocycles. The molecule has 1 saturated carbocycles. The van der Waals surface area contributed by atoms with Crippen LogP contribution < -0.4 is 10.6 Å². The molecular weight excluding hydrogens is 408 g/mol. The van der Waals surface area contributed by atoms with Crippen molar-refractivity contribution in [3.05, 3.63) is 82.0 Å². The van der Waals surface area contributed by atoms with E-state index in [0.717, 1.165) is 63.8 Å². The number of allylic oxidation sites excluding steroid dienone is 2. The fourth-order valence-electron chi connectivity index (χ4n) is 4.26. The molecule has 0 spiro atoms. The highest BCUT2D eigenvalue weighted by molar-refractivity contribution is 6.30. The molecule has 6 nitrogen and oxygen atoms in total. The molecule has 31 heavy (non-hydrogen) atoms. The maximum Gasteiger partial charge on any atom is 0.163 e. The lowest BCUT2D eigenvalue weighted by Crippen LogP contribution is -2.23. The second-order valence-electron chi connectivity index (χ2n) is 8.40. The average molecular weight is 433 g/mol. The molecule has 1 saturated heterocycles. The van der Waals surface area contributed by atoms with Gasteiger partial charge in [-0.25, -0.2) is 0 Å². The summed E-state index contributed by atoms with van der Waals surface area (Å²) in [6.07, 6.45) is 4.30. The Hall–Kier alpha value is -3.12. The third kappa shape index (κ3) is 3.31. The summed E-state index contributed by atoms with van der Waals surface area (Å²) in [7, 11) is 0. The SMILES string of the molecule is C=C1C(=NC2CC2)C(=C(C)N)C(c2ccc(Cl)cc2)N1c1cc(C)c2nnc(C)n2c1. The summed E-state index contributed by atoms with van der Waals surface area (Å²) in [6.45, 7) is 10.4. The van der Waals surface area contributed by atoms with Crippen LogP contribution in [0.3, 0.4) is 0 Å². The van der Waals surface area contributed by atoms with Crippen molar-refractivity contribution in [2.24, 2.45) is 10.7 Å². The van der Waals surface area contributed by atoms with Crippen molar-refractivity contribution in [2.45, 2.75) is 45.7 Å². The van der Waals surface area contributed by atoms with Gasteiger partial charge in [0, 0.05) is 22.5 Å². The molecule has 1 atom stereocenters. The molecule has 7 heteroatoms. The van der Waals surface area contributed by atoms with E-state index in [1.165, 1.54) is 0 Å². The Morgan fingerprint density at radius 3 is 2.55 bits per heavy atom. The van der Waals surface area contributed by atoms with Crippen LogP contribution in [0.15, 0.2) is 65.1 Å². The highest BCUT2D eigenvalue weighted by Crippen LogP contribution is 2.46. The van der Waals surface area contributed by atoms with Gasteiger partial charge in [0.25, 0.3) is 0 Å². The van der Waals surface area contributed by atoms with Crippen molar-refractivity contribution in [3.63, 3.8) is 0 Å². The van der Waals surface area contributed by atoms with Gasteiger partial charge in [0.2, 0.25) is 0 Å². The second kappa shape index (κ2) is 7.24. The standard InChI is InChI=1S/C24H25ClN6/c1-13-11-20(12-30-16(4)28-29-24(13)30)31-15(3)22(27-19-9-10-19)21(14(2)26)23(31)17-5-7-18(25)8-6-17/h5-8,11-12,19,23H,3,9-10,26H2,1-2,4H3. The summed E-state index contributed by atoms with van der Waals surface area (Å²) in [5.74, 6) is 0.838. The molecule has 3 heterocycles. The molecule has 5 rings (SSSR count). The highest BCUT2D eigenvalue weighted by atomic mass is 35.5. The van der Waals surface area contributed by atoms with Crippen molar-refractivity contribution in [1.82, 2.24) is 14.6 Å². The number of aryl methyl sites for hydroxylation is 2. The number of hydrogen-bond acceptors (Lipinski definition) is 5. The van der Waals surface area contributed by atoms with E-state index in [1.807, 2.05) is 49.4 Å². The van der Waals surface area contributed by atoms with Gasteiger partial charge < -0.3 is 10.6 Å². The van der Waals surface area contributed by atoms with E-state index >= 15 is 0 Å². The van der Waals surface area contributed by atoms with Gasteiger partial charge in [0.15, 0.2) is 5.65 Å². The lowest BCUT2D eigenvalue weighted by atomic mass is 9.96. The van der Waals surface area contributed by atoms with E-state index in [1.54, 1.807) is 0 Å². The van der Waals surface area contributed by atoms with Gasteiger partial charge in [-0.1, -0.05) is 30.3 Å². The minimum Gasteiger partial charge on any atom is -0.402 e. The first-order chi connectivity index (χ1) is 14.8. The van der Waals surface area contributed by atoms with Crippen LogP contribution in [0.25, 0.3) is 5.65 Å². The number of fused-ring (bicyclic) bond motifs is 1. The maximum atomic E-state index is 6.45. The van der Waals surface area contributed by atoms with Crippen molar-refractivity contribution >= 4 is 28.6 Å². The van der Waals surface area contributed by atoms with Crippen LogP contribution in [-0.2, 0) is 0 Å². The summed E-state index contributed by atoms with van der Waals surface area (Å²) < 4.78 is 2.02. The normalized spacial score (nSPS) is 22.1. The van der Waals surface area contributed by atoms with Gasteiger partial charge in [-0.3, -0.25) is 9.39 Å². The zero-order valence-electron chi connectivity index (χ0n) is 17.9.